The van der Waals surface area contributed by atoms with E-state index in [9.17, 15) is 4.79 Å². The number of amides is 1. The SMILES string of the molecule is C=CC(=O)N[C@@H]1C[C@@H](C)CN(c2ccc3ncnc(Nc4ccc(Oc5ccc6c(c5)nnn6C)c(C)c4F)c3n2)C1. The van der Waals surface area contributed by atoms with Crippen molar-refractivity contribution >= 4 is 45.3 Å². The second-order valence-corrected chi connectivity index (χ2v) is 10.6. The van der Waals surface area contributed by atoms with E-state index in [1.54, 1.807) is 35.9 Å². The van der Waals surface area contributed by atoms with E-state index >= 15 is 4.39 Å². The van der Waals surface area contributed by atoms with Gasteiger partial charge in [0.2, 0.25) is 5.91 Å². The highest BCUT2D eigenvalue weighted by Crippen LogP contribution is 2.34. The molecule has 1 fully saturated rings. The fraction of sp³-hybridized carbons (Fsp3) is 0.267. The molecule has 0 unspecified atom stereocenters. The lowest BCUT2D eigenvalue weighted by atomic mass is 9.96. The van der Waals surface area contributed by atoms with Crippen LogP contribution in [0.3, 0.4) is 0 Å². The van der Waals surface area contributed by atoms with E-state index in [1.807, 2.05) is 25.2 Å². The minimum absolute atomic E-state index is 0.0262. The van der Waals surface area contributed by atoms with Gasteiger partial charge in [-0.05, 0) is 61.7 Å². The predicted molar refractivity (Wildman–Crippen MR) is 158 cm³/mol. The summed E-state index contributed by atoms with van der Waals surface area (Å²) in [6.07, 6.45) is 3.57. The van der Waals surface area contributed by atoms with Crippen molar-refractivity contribution in [1.29, 1.82) is 0 Å². The number of hydrogen-bond donors (Lipinski definition) is 2. The number of anilines is 3. The summed E-state index contributed by atoms with van der Waals surface area (Å²) < 4.78 is 23.3. The largest absolute Gasteiger partial charge is 0.457 e. The maximum atomic E-state index is 15.6. The number of aromatic nitrogens is 6. The molecule has 2 aromatic carbocycles. The predicted octanol–water partition coefficient (Wildman–Crippen LogP) is 4.81. The average Bonchev–Trinajstić information content (AvgIpc) is 3.36. The Balaban J connectivity index is 1.25. The van der Waals surface area contributed by atoms with Crippen LogP contribution in [-0.2, 0) is 11.8 Å². The molecule has 3 aromatic heterocycles. The number of nitrogens with one attached hydrogen (secondary N) is 2. The van der Waals surface area contributed by atoms with Crippen molar-refractivity contribution < 1.29 is 13.9 Å². The van der Waals surface area contributed by atoms with Crippen molar-refractivity contribution in [3.63, 3.8) is 0 Å². The van der Waals surface area contributed by atoms with Crippen LogP contribution in [0.4, 0.5) is 21.7 Å². The lowest BCUT2D eigenvalue weighted by Gasteiger charge is -2.37. The third kappa shape index (κ3) is 5.30. The Morgan fingerprint density at radius 1 is 1.14 bits per heavy atom. The van der Waals surface area contributed by atoms with Crippen LogP contribution in [0.15, 0.2) is 61.4 Å². The summed E-state index contributed by atoms with van der Waals surface area (Å²) in [4.78, 5) is 27.6. The molecule has 4 heterocycles. The number of pyridine rings is 1. The zero-order valence-corrected chi connectivity index (χ0v) is 23.5. The van der Waals surface area contributed by atoms with Crippen LogP contribution in [0.2, 0.25) is 0 Å². The molecule has 1 aliphatic rings. The summed E-state index contributed by atoms with van der Waals surface area (Å²) >= 11 is 0. The second kappa shape index (κ2) is 11.0. The molecule has 11 nitrogen and oxygen atoms in total. The van der Waals surface area contributed by atoms with Gasteiger partial charge < -0.3 is 20.3 Å². The van der Waals surface area contributed by atoms with Gasteiger partial charge in [0, 0.05) is 37.8 Å². The van der Waals surface area contributed by atoms with Gasteiger partial charge in [-0.25, -0.2) is 24.0 Å². The van der Waals surface area contributed by atoms with Crippen LogP contribution in [0, 0.1) is 18.7 Å². The third-order valence-electron chi connectivity index (χ3n) is 7.38. The first kappa shape index (κ1) is 27.1. The lowest BCUT2D eigenvalue weighted by Crippen LogP contribution is -2.50. The molecule has 0 spiro atoms. The van der Waals surface area contributed by atoms with E-state index in [4.69, 9.17) is 9.72 Å². The number of ether oxygens (including phenoxy) is 1. The number of aryl methyl sites for hydroxylation is 1. The molecule has 12 heteroatoms. The summed E-state index contributed by atoms with van der Waals surface area (Å²) in [5, 5.41) is 14.2. The quantitative estimate of drug-likeness (QED) is 0.267. The number of hydrogen-bond acceptors (Lipinski definition) is 9. The minimum Gasteiger partial charge on any atom is -0.457 e. The van der Waals surface area contributed by atoms with Gasteiger partial charge in [0.05, 0.1) is 16.7 Å². The molecule has 2 N–H and O–H groups in total. The van der Waals surface area contributed by atoms with Gasteiger partial charge in [-0.1, -0.05) is 18.7 Å². The highest BCUT2D eigenvalue weighted by molar-refractivity contribution is 5.88. The highest BCUT2D eigenvalue weighted by Gasteiger charge is 2.27. The molecule has 0 aliphatic carbocycles. The molecule has 2 atom stereocenters. The summed E-state index contributed by atoms with van der Waals surface area (Å²) in [5.74, 6) is 1.70. The molecular formula is C30H30FN9O2. The number of nitrogens with zero attached hydrogens (tertiary/aromatic N) is 7. The molecule has 214 valence electrons. The number of carbonyl (C=O) groups excluding carboxylic acids is 1. The number of fused-ring (bicyclic) bond motifs is 2. The van der Waals surface area contributed by atoms with Gasteiger partial charge >= 0.3 is 0 Å². The molecule has 1 aliphatic heterocycles. The van der Waals surface area contributed by atoms with Crippen molar-refractivity contribution in [3.8, 4) is 11.5 Å². The lowest BCUT2D eigenvalue weighted by molar-refractivity contribution is -0.117. The first-order valence-electron chi connectivity index (χ1n) is 13.6. The maximum absolute atomic E-state index is 15.6. The van der Waals surface area contributed by atoms with Crippen molar-refractivity contribution in [2.45, 2.75) is 26.3 Å². The van der Waals surface area contributed by atoms with E-state index in [0.29, 0.717) is 51.9 Å². The van der Waals surface area contributed by atoms with Crippen LogP contribution in [0.25, 0.3) is 22.1 Å². The Bertz CT molecular complexity index is 1820. The van der Waals surface area contributed by atoms with Gasteiger partial charge in [0.25, 0.3) is 0 Å². The standard InChI is InChI=1S/C30H30FN9O2/c1-5-27(41)34-19-12-17(2)14-40(15-19)26-11-8-22-29(36-26)30(33-16-32-22)35-21-7-10-25(18(3)28(21)31)42-20-6-9-24-23(13-20)37-38-39(24)4/h5-11,13,16-17,19H,1,12,14-15H2,2-4H3,(H,34,41)(H,32,33,35)/t17-,19-/m1/s1. The van der Waals surface area contributed by atoms with Crippen LogP contribution >= 0.6 is 0 Å². The second-order valence-electron chi connectivity index (χ2n) is 10.6. The van der Waals surface area contributed by atoms with Gasteiger partial charge in [-0.15, -0.1) is 5.10 Å². The first-order chi connectivity index (χ1) is 20.3. The summed E-state index contributed by atoms with van der Waals surface area (Å²) in [7, 11) is 1.81. The average molecular weight is 568 g/mol. The van der Waals surface area contributed by atoms with Crippen molar-refractivity contribution in [3.05, 3.63) is 72.8 Å². The Morgan fingerprint density at radius 3 is 2.83 bits per heavy atom. The number of rotatable bonds is 7. The summed E-state index contributed by atoms with van der Waals surface area (Å²) in [6, 6.07) is 12.5. The van der Waals surface area contributed by atoms with Gasteiger partial charge in [-0.3, -0.25) is 4.79 Å². The molecule has 5 aromatic rings. The minimum atomic E-state index is -0.471. The van der Waals surface area contributed by atoms with Gasteiger partial charge in [0.15, 0.2) is 11.6 Å². The molecular weight excluding hydrogens is 537 g/mol. The molecule has 1 saturated heterocycles. The monoisotopic (exact) mass is 567 g/mol. The third-order valence-corrected chi connectivity index (χ3v) is 7.38. The van der Waals surface area contributed by atoms with Crippen molar-refractivity contribution in [2.24, 2.45) is 13.0 Å². The van der Waals surface area contributed by atoms with E-state index in [1.165, 1.54) is 12.4 Å². The molecule has 0 radical (unpaired) electrons. The van der Waals surface area contributed by atoms with Gasteiger partial charge in [-0.2, -0.15) is 0 Å². The van der Waals surface area contributed by atoms with Crippen molar-refractivity contribution in [2.75, 3.05) is 23.3 Å². The maximum Gasteiger partial charge on any atom is 0.243 e. The van der Waals surface area contributed by atoms with Crippen LogP contribution in [0.1, 0.15) is 18.9 Å². The molecule has 42 heavy (non-hydrogen) atoms. The van der Waals surface area contributed by atoms with Crippen LogP contribution in [-0.4, -0.2) is 55.0 Å². The molecule has 0 bridgehead atoms. The Morgan fingerprint density at radius 2 is 2.00 bits per heavy atom. The summed E-state index contributed by atoms with van der Waals surface area (Å²) in [5.41, 5.74) is 3.25. The van der Waals surface area contributed by atoms with E-state index in [0.717, 1.165) is 24.3 Å². The first-order valence-corrected chi connectivity index (χ1v) is 13.6. The zero-order chi connectivity index (χ0) is 29.4. The van der Waals surface area contributed by atoms with Crippen LogP contribution in [0.5, 0.6) is 11.5 Å². The van der Waals surface area contributed by atoms with E-state index < -0.39 is 5.82 Å². The highest BCUT2D eigenvalue weighted by atomic mass is 19.1. The Hall–Kier alpha value is -5.13. The van der Waals surface area contributed by atoms with E-state index in [-0.39, 0.29) is 17.6 Å². The Kier molecular flexibility index (Phi) is 7.11. The molecule has 1 amide bonds. The number of benzene rings is 2. The summed E-state index contributed by atoms with van der Waals surface area (Å²) in [6.45, 7) is 8.74. The van der Waals surface area contributed by atoms with Crippen molar-refractivity contribution in [1.82, 2.24) is 35.3 Å². The number of carbonyl (C=O) groups is 1. The molecule has 0 saturated carbocycles. The normalized spacial score (nSPS) is 16.9. The topological polar surface area (TPSA) is 123 Å². The zero-order valence-electron chi connectivity index (χ0n) is 23.5. The fourth-order valence-electron chi connectivity index (χ4n) is 5.31. The van der Waals surface area contributed by atoms with Gasteiger partial charge in [0.1, 0.15) is 34.7 Å². The number of piperidine rings is 1. The van der Waals surface area contributed by atoms with E-state index in [2.05, 4.69) is 49.3 Å². The molecule has 6 rings (SSSR count). The Labute approximate surface area is 241 Å². The number of halogens is 1. The smallest absolute Gasteiger partial charge is 0.243 e. The van der Waals surface area contributed by atoms with Crippen LogP contribution < -0.4 is 20.3 Å². The fourth-order valence-corrected chi connectivity index (χ4v) is 5.31.